The molecule has 0 fully saturated rings. The first-order valence-electron chi connectivity index (χ1n) is 21.2. The van der Waals surface area contributed by atoms with Gasteiger partial charge in [-0.05, 0) is 86.0 Å². The van der Waals surface area contributed by atoms with Crippen LogP contribution >= 0.6 is 0 Å². The topological polar surface area (TPSA) is 43.6 Å². The molecule has 1 spiro atoms. The van der Waals surface area contributed by atoms with Crippen molar-refractivity contribution < 1.29 is 0 Å². The monoisotopic (exact) mass is 788 g/mol. The highest BCUT2D eigenvalue weighted by atomic mass is 15.0. The van der Waals surface area contributed by atoms with Gasteiger partial charge in [-0.3, -0.25) is 0 Å². The van der Waals surface area contributed by atoms with Crippen molar-refractivity contribution in [3.05, 3.63) is 241 Å². The molecule has 0 atom stereocenters. The number of nitrogens with zero attached hydrogens (tertiary/aromatic N) is 4. The van der Waals surface area contributed by atoms with Gasteiger partial charge < -0.3 is 4.57 Å². The van der Waals surface area contributed by atoms with Crippen molar-refractivity contribution in [3.63, 3.8) is 0 Å². The quantitative estimate of drug-likeness (QED) is 0.174. The van der Waals surface area contributed by atoms with Gasteiger partial charge in [0.05, 0.1) is 22.1 Å². The largest absolute Gasteiger partial charge is 0.309 e. The Kier molecular flexibility index (Phi) is 7.49. The maximum Gasteiger partial charge on any atom is 0.164 e. The fourth-order valence-electron chi connectivity index (χ4n) is 10.4. The Bertz CT molecular complexity index is 3520. The van der Waals surface area contributed by atoms with Crippen LogP contribution in [-0.2, 0) is 5.41 Å². The molecule has 13 rings (SSSR count). The summed E-state index contributed by atoms with van der Waals surface area (Å²) in [5.41, 5.74) is 18.1. The summed E-state index contributed by atoms with van der Waals surface area (Å²) in [6, 6.07) is 78.5. The van der Waals surface area contributed by atoms with E-state index in [1.807, 2.05) is 18.2 Å². The van der Waals surface area contributed by atoms with Crippen LogP contribution in [0.4, 0.5) is 0 Å². The number of benzene rings is 9. The molecule has 11 aromatic rings. The average Bonchev–Trinajstić information content (AvgIpc) is 3.85. The molecule has 1 aliphatic heterocycles. The minimum absolute atomic E-state index is 0.578. The van der Waals surface area contributed by atoms with Gasteiger partial charge in [-0.25, -0.2) is 15.0 Å². The third kappa shape index (κ3) is 4.98. The zero-order valence-corrected chi connectivity index (χ0v) is 33.6. The highest BCUT2D eigenvalue weighted by molar-refractivity contribution is 6.13. The van der Waals surface area contributed by atoms with Crippen molar-refractivity contribution in [2.75, 3.05) is 0 Å². The first-order valence-corrected chi connectivity index (χ1v) is 21.2. The van der Waals surface area contributed by atoms with Crippen LogP contribution in [-0.4, -0.2) is 19.5 Å². The van der Waals surface area contributed by atoms with Crippen LogP contribution in [0.1, 0.15) is 22.3 Å². The third-order valence-electron chi connectivity index (χ3n) is 13.1. The molecule has 4 heteroatoms. The second-order valence-electron chi connectivity index (χ2n) is 16.3. The molecule has 0 N–H and O–H groups in total. The molecular formula is C58H36N4. The Balaban J connectivity index is 1.03. The predicted octanol–water partition coefficient (Wildman–Crippen LogP) is 14.0. The predicted molar refractivity (Wildman–Crippen MR) is 252 cm³/mol. The fourth-order valence-corrected chi connectivity index (χ4v) is 10.4. The molecule has 2 aromatic heterocycles. The van der Waals surface area contributed by atoms with Gasteiger partial charge >= 0.3 is 0 Å². The van der Waals surface area contributed by atoms with E-state index in [9.17, 15) is 0 Å². The van der Waals surface area contributed by atoms with E-state index in [0.29, 0.717) is 17.5 Å². The average molecular weight is 789 g/mol. The Morgan fingerprint density at radius 1 is 0.306 bits per heavy atom. The molecule has 0 unspecified atom stereocenters. The number of aromatic nitrogens is 4. The summed E-state index contributed by atoms with van der Waals surface area (Å²) in [5.74, 6) is 1.89. The summed E-state index contributed by atoms with van der Waals surface area (Å²) in [6.07, 6.45) is 0. The van der Waals surface area contributed by atoms with Crippen molar-refractivity contribution in [2.45, 2.75) is 5.41 Å². The summed E-state index contributed by atoms with van der Waals surface area (Å²) in [6.45, 7) is 0. The molecule has 0 saturated carbocycles. The van der Waals surface area contributed by atoms with E-state index in [1.165, 1.54) is 66.3 Å². The molecule has 1 aliphatic carbocycles. The second-order valence-corrected chi connectivity index (χ2v) is 16.3. The van der Waals surface area contributed by atoms with Gasteiger partial charge in [-0.1, -0.05) is 188 Å². The van der Waals surface area contributed by atoms with Gasteiger partial charge in [0.1, 0.15) is 0 Å². The van der Waals surface area contributed by atoms with Crippen LogP contribution in [0.2, 0.25) is 0 Å². The Labute approximate surface area is 359 Å². The molecule has 0 radical (unpaired) electrons. The standard InChI is InChI=1S/C58H36N4/c1-3-15-37(16-4-1)38-29-31-39(32-30-38)41-19-13-20-42(35-41)56-59-55(40-17-5-2-6-18-40)60-57(61-56)43-33-34-53-51(36-43)58(48-25-10-7-21-44(48)45-22-8-11-26-49(45)58)50-27-14-24-47-46-23-9-12-28-52(46)62(53)54(47)50/h1-36H. The van der Waals surface area contributed by atoms with Crippen LogP contribution in [0.5, 0.6) is 0 Å². The van der Waals surface area contributed by atoms with Gasteiger partial charge in [0.25, 0.3) is 0 Å². The summed E-state index contributed by atoms with van der Waals surface area (Å²) in [4.78, 5) is 15.8. The number of hydrogen-bond donors (Lipinski definition) is 0. The fraction of sp³-hybridized carbons (Fsp3) is 0.0172. The molecule has 9 aromatic carbocycles. The summed E-state index contributed by atoms with van der Waals surface area (Å²) in [5, 5.41) is 2.51. The molecule has 0 amide bonds. The van der Waals surface area contributed by atoms with Gasteiger partial charge in [-0.15, -0.1) is 0 Å². The Hall–Kier alpha value is -8.21. The molecule has 2 aliphatic rings. The number of rotatable bonds is 5. The highest BCUT2D eigenvalue weighted by Gasteiger charge is 2.50. The van der Waals surface area contributed by atoms with Crippen molar-refractivity contribution in [1.29, 1.82) is 0 Å². The zero-order valence-electron chi connectivity index (χ0n) is 33.6. The molecule has 0 bridgehead atoms. The lowest BCUT2D eigenvalue weighted by molar-refractivity contribution is 0.748. The van der Waals surface area contributed by atoms with Gasteiger partial charge in [-0.2, -0.15) is 0 Å². The maximum atomic E-state index is 5.33. The van der Waals surface area contributed by atoms with E-state index < -0.39 is 5.41 Å². The Morgan fingerprint density at radius 3 is 1.48 bits per heavy atom. The van der Waals surface area contributed by atoms with Crippen molar-refractivity contribution in [1.82, 2.24) is 19.5 Å². The maximum absolute atomic E-state index is 5.33. The molecule has 3 heterocycles. The smallest absolute Gasteiger partial charge is 0.164 e. The summed E-state index contributed by atoms with van der Waals surface area (Å²) in [7, 11) is 0. The van der Waals surface area contributed by atoms with Crippen LogP contribution in [0.15, 0.2) is 218 Å². The van der Waals surface area contributed by atoms with Crippen LogP contribution in [0.3, 0.4) is 0 Å². The summed E-state index contributed by atoms with van der Waals surface area (Å²) < 4.78 is 2.49. The second kappa shape index (κ2) is 13.4. The van der Waals surface area contributed by atoms with E-state index in [0.717, 1.165) is 33.5 Å². The Morgan fingerprint density at radius 2 is 0.774 bits per heavy atom. The normalized spacial score (nSPS) is 13.0. The number of para-hydroxylation sites is 2. The molecule has 0 saturated heterocycles. The van der Waals surface area contributed by atoms with Crippen molar-refractivity contribution in [2.24, 2.45) is 0 Å². The van der Waals surface area contributed by atoms with Gasteiger partial charge in [0, 0.05) is 27.5 Å². The zero-order chi connectivity index (χ0) is 40.8. The first kappa shape index (κ1) is 34.6. The minimum atomic E-state index is -0.578. The SMILES string of the molecule is c1ccc(-c2ccc(-c3cccc(-c4nc(-c5ccccc5)nc(-c5ccc6c(c5)C5(c7ccccc7-c7ccccc75)c5cccc7c8ccccc8n-6c57)n4)c3)cc2)cc1. The lowest BCUT2D eigenvalue weighted by atomic mass is 9.65. The molecular weight excluding hydrogens is 753 g/mol. The van der Waals surface area contributed by atoms with E-state index in [4.69, 9.17) is 15.0 Å². The number of hydrogen-bond acceptors (Lipinski definition) is 3. The van der Waals surface area contributed by atoms with Crippen LogP contribution < -0.4 is 0 Å². The van der Waals surface area contributed by atoms with Crippen LogP contribution in [0.25, 0.3) is 95.0 Å². The van der Waals surface area contributed by atoms with E-state index in [-0.39, 0.29) is 0 Å². The van der Waals surface area contributed by atoms with Gasteiger partial charge in [0.15, 0.2) is 17.5 Å². The lowest BCUT2D eigenvalue weighted by Crippen LogP contribution is -2.33. The van der Waals surface area contributed by atoms with E-state index in [2.05, 4.69) is 205 Å². The van der Waals surface area contributed by atoms with Gasteiger partial charge in [0.2, 0.25) is 0 Å². The van der Waals surface area contributed by atoms with Crippen molar-refractivity contribution in [3.8, 4) is 73.2 Å². The third-order valence-corrected chi connectivity index (χ3v) is 13.1. The number of fused-ring (bicyclic) bond motifs is 12. The molecule has 4 nitrogen and oxygen atoms in total. The molecule has 62 heavy (non-hydrogen) atoms. The summed E-state index contributed by atoms with van der Waals surface area (Å²) >= 11 is 0. The lowest BCUT2D eigenvalue weighted by Gasteiger charge is -2.39. The van der Waals surface area contributed by atoms with E-state index >= 15 is 0 Å². The molecule has 288 valence electrons. The van der Waals surface area contributed by atoms with Crippen LogP contribution in [0, 0.1) is 0 Å². The first-order chi connectivity index (χ1) is 30.7. The van der Waals surface area contributed by atoms with E-state index in [1.54, 1.807) is 0 Å². The highest BCUT2D eigenvalue weighted by Crippen LogP contribution is 2.61. The van der Waals surface area contributed by atoms with Crippen molar-refractivity contribution >= 4 is 21.8 Å². The minimum Gasteiger partial charge on any atom is -0.309 e.